The number of halogens is 1. The number of piperidine rings is 1. The fourth-order valence-corrected chi connectivity index (χ4v) is 2.69. The zero-order chi connectivity index (χ0) is 13.9. The molecule has 1 aromatic carbocycles. The van der Waals surface area contributed by atoms with Crippen LogP contribution in [0, 0.1) is 5.92 Å². The smallest absolute Gasteiger partial charge is 0.243 e. The van der Waals surface area contributed by atoms with Crippen LogP contribution in [0.15, 0.2) is 28.8 Å². The third-order valence-corrected chi connectivity index (χ3v) is 3.98. The number of aromatic nitrogens is 2. The zero-order valence-corrected chi connectivity index (χ0v) is 12.2. The molecule has 1 saturated heterocycles. The van der Waals surface area contributed by atoms with Gasteiger partial charge in [0.05, 0.1) is 6.04 Å². The molecule has 2 atom stereocenters. The second-order valence-electron chi connectivity index (χ2n) is 5.49. The Balaban J connectivity index is 1.68. The lowest BCUT2D eigenvalue weighted by Gasteiger charge is -2.25. The van der Waals surface area contributed by atoms with E-state index in [4.69, 9.17) is 16.1 Å². The number of nitrogens with zero attached hydrogens (tertiary/aromatic N) is 2. The average Bonchev–Trinajstić information content (AvgIpc) is 2.90. The fraction of sp³-hybridized carbons (Fsp3) is 0.467. The Morgan fingerprint density at radius 1 is 1.35 bits per heavy atom. The first-order valence-corrected chi connectivity index (χ1v) is 7.39. The predicted octanol–water partition coefficient (Wildman–Crippen LogP) is 3.37. The van der Waals surface area contributed by atoms with E-state index < -0.39 is 0 Å². The highest BCUT2D eigenvalue weighted by molar-refractivity contribution is 6.30. The van der Waals surface area contributed by atoms with E-state index >= 15 is 0 Å². The summed E-state index contributed by atoms with van der Waals surface area (Å²) >= 11 is 5.88. The maximum atomic E-state index is 5.88. The Hall–Kier alpha value is -1.39. The van der Waals surface area contributed by atoms with Crippen molar-refractivity contribution < 1.29 is 4.52 Å². The highest BCUT2D eigenvalue weighted by Crippen LogP contribution is 2.26. The van der Waals surface area contributed by atoms with Crippen LogP contribution in [-0.2, 0) is 6.42 Å². The first kappa shape index (κ1) is 13.6. The molecule has 0 spiro atoms. The minimum absolute atomic E-state index is 0.199. The minimum atomic E-state index is 0.199. The lowest BCUT2D eigenvalue weighted by Crippen LogP contribution is -2.30. The van der Waals surface area contributed by atoms with E-state index in [1.807, 2.05) is 24.3 Å². The van der Waals surface area contributed by atoms with Crippen molar-refractivity contribution in [3.8, 4) is 0 Å². The topological polar surface area (TPSA) is 51.0 Å². The Kier molecular flexibility index (Phi) is 4.03. The first-order valence-electron chi connectivity index (χ1n) is 7.01. The molecule has 0 radical (unpaired) electrons. The van der Waals surface area contributed by atoms with E-state index in [2.05, 4.69) is 22.4 Å². The van der Waals surface area contributed by atoms with Crippen LogP contribution in [0.2, 0.25) is 5.02 Å². The van der Waals surface area contributed by atoms with E-state index in [0.29, 0.717) is 18.2 Å². The number of hydrogen-bond acceptors (Lipinski definition) is 4. The molecule has 20 heavy (non-hydrogen) atoms. The van der Waals surface area contributed by atoms with Gasteiger partial charge in [-0.1, -0.05) is 35.8 Å². The Labute approximate surface area is 123 Å². The number of benzene rings is 1. The average molecular weight is 292 g/mol. The molecule has 0 aliphatic carbocycles. The summed E-state index contributed by atoms with van der Waals surface area (Å²) in [7, 11) is 0. The summed E-state index contributed by atoms with van der Waals surface area (Å²) in [6, 6.07) is 7.92. The molecule has 1 aliphatic rings. The van der Waals surface area contributed by atoms with Crippen molar-refractivity contribution in [3.63, 3.8) is 0 Å². The maximum Gasteiger partial charge on any atom is 0.243 e. The summed E-state index contributed by atoms with van der Waals surface area (Å²) in [6.45, 7) is 3.28. The van der Waals surface area contributed by atoms with E-state index in [9.17, 15) is 0 Å². The molecule has 2 unspecified atom stereocenters. The second kappa shape index (κ2) is 5.94. The van der Waals surface area contributed by atoms with Gasteiger partial charge in [-0.15, -0.1) is 0 Å². The van der Waals surface area contributed by atoms with Gasteiger partial charge in [0.2, 0.25) is 5.89 Å². The van der Waals surface area contributed by atoms with Gasteiger partial charge >= 0.3 is 0 Å². The van der Waals surface area contributed by atoms with Gasteiger partial charge in [-0.3, -0.25) is 0 Å². The lowest BCUT2D eigenvalue weighted by molar-refractivity contribution is 0.259. The summed E-state index contributed by atoms with van der Waals surface area (Å²) in [6.07, 6.45) is 2.94. The molecule has 0 bridgehead atoms. The van der Waals surface area contributed by atoms with Crippen LogP contribution in [0.25, 0.3) is 0 Å². The van der Waals surface area contributed by atoms with Crippen molar-refractivity contribution in [2.24, 2.45) is 5.92 Å². The summed E-state index contributed by atoms with van der Waals surface area (Å²) < 4.78 is 5.40. The standard InChI is InChI=1S/C15H18ClN3O/c1-10-6-7-17-13(8-10)15-18-14(19-20-15)9-11-2-4-12(16)5-3-11/h2-5,10,13,17H,6-9H2,1H3. The highest BCUT2D eigenvalue weighted by atomic mass is 35.5. The molecule has 1 fully saturated rings. The summed E-state index contributed by atoms with van der Waals surface area (Å²) in [5.41, 5.74) is 1.13. The molecule has 4 nitrogen and oxygen atoms in total. The van der Waals surface area contributed by atoms with E-state index in [-0.39, 0.29) is 6.04 Å². The van der Waals surface area contributed by atoms with Crippen LogP contribution in [0.3, 0.4) is 0 Å². The van der Waals surface area contributed by atoms with Crippen LogP contribution in [0.5, 0.6) is 0 Å². The SMILES string of the molecule is CC1CCNC(c2nc(Cc3ccc(Cl)cc3)no2)C1. The molecule has 1 aliphatic heterocycles. The van der Waals surface area contributed by atoms with Crippen molar-refractivity contribution in [2.45, 2.75) is 32.2 Å². The number of nitrogens with one attached hydrogen (secondary N) is 1. The van der Waals surface area contributed by atoms with Crippen molar-refractivity contribution in [1.82, 2.24) is 15.5 Å². The zero-order valence-electron chi connectivity index (χ0n) is 11.5. The van der Waals surface area contributed by atoms with E-state index in [1.54, 1.807) is 0 Å². The molecule has 5 heteroatoms. The van der Waals surface area contributed by atoms with Gasteiger partial charge in [-0.05, 0) is 43.0 Å². The first-order chi connectivity index (χ1) is 9.70. The van der Waals surface area contributed by atoms with Crippen molar-refractivity contribution in [2.75, 3.05) is 6.54 Å². The Bertz CT molecular complexity index is 567. The van der Waals surface area contributed by atoms with Crippen LogP contribution < -0.4 is 5.32 Å². The summed E-state index contributed by atoms with van der Waals surface area (Å²) in [5, 5.41) is 8.25. The molecule has 1 N–H and O–H groups in total. The lowest BCUT2D eigenvalue weighted by atomic mass is 9.94. The van der Waals surface area contributed by atoms with Gasteiger partial charge < -0.3 is 9.84 Å². The quantitative estimate of drug-likeness (QED) is 0.942. The van der Waals surface area contributed by atoms with E-state index in [1.165, 1.54) is 6.42 Å². The fourth-order valence-electron chi connectivity index (χ4n) is 2.56. The molecular formula is C15H18ClN3O. The Morgan fingerprint density at radius 2 is 2.15 bits per heavy atom. The molecule has 0 saturated carbocycles. The predicted molar refractivity (Wildman–Crippen MR) is 77.7 cm³/mol. The third-order valence-electron chi connectivity index (χ3n) is 3.72. The highest BCUT2D eigenvalue weighted by Gasteiger charge is 2.24. The number of hydrogen-bond donors (Lipinski definition) is 1. The van der Waals surface area contributed by atoms with Gasteiger partial charge in [0.25, 0.3) is 0 Å². The molecule has 1 aromatic heterocycles. The van der Waals surface area contributed by atoms with Gasteiger partial charge in [0, 0.05) is 11.4 Å². The monoisotopic (exact) mass is 291 g/mol. The van der Waals surface area contributed by atoms with Gasteiger partial charge in [0.15, 0.2) is 5.82 Å². The van der Waals surface area contributed by atoms with Gasteiger partial charge in [-0.25, -0.2) is 0 Å². The maximum absolute atomic E-state index is 5.88. The molecule has 0 amide bonds. The van der Waals surface area contributed by atoms with Crippen LogP contribution in [0.1, 0.15) is 43.1 Å². The normalized spacial score (nSPS) is 22.9. The van der Waals surface area contributed by atoms with Crippen molar-refractivity contribution in [3.05, 3.63) is 46.6 Å². The number of rotatable bonds is 3. The molecule has 2 aromatic rings. The van der Waals surface area contributed by atoms with Crippen LogP contribution in [0.4, 0.5) is 0 Å². The summed E-state index contributed by atoms with van der Waals surface area (Å²) in [4.78, 5) is 4.51. The van der Waals surface area contributed by atoms with Crippen molar-refractivity contribution >= 4 is 11.6 Å². The molecule has 106 valence electrons. The molecular weight excluding hydrogens is 274 g/mol. The van der Waals surface area contributed by atoms with Gasteiger partial charge in [-0.2, -0.15) is 4.98 Å². The van der Waals surface area contributed by atoms with Crippen LogP contribution >= 0.6 is 11.6 Å². The third kappa shape index (κ3) is 3.19. The Morgan fingerprint density at radius 3 is 2.90 bits per heavy atom. The molecule has 2 heterocycles. The minimum Gasteiger partial charge on any atom is -0.338 e. The largest absolute Gasteiger partial charge is 0.338 e. The van der Waals surface area contributed by atoms with E-state index in [0.717, 1.165) is 29.4 Å². The van der Waals surface area contributed by atoms with Crippen LogP contribution in [-0.4, -0.2) is 16.7 Å². The molecule has 3 rings (SSSR count). The second-order valence-corrected chi connectivity index (χ2v) is 5.92. The summed E-state index contributed by atoms with van der Waals surface area (Å²) in [5.74, 6) is 2.13. The van der Waals surface area contributed by atoms with Crippen molar-refractivity contribution in [1.29, 1.82) is 0 Å². The van der Waals surface area contributed by atoms with Gasteiger partial charge in [0.1, 0.15) is 0 Å².